The number of ether oxygens (including phenoxy) is 1. The van der Waals surface area contributed by atoms with Crippen LogP contribution in [0.3, 0.4) is 0 Å². The molecule has 2 heteroatoms. The van der Waals surface area contributed by atoms with Gasteiger partial charge in [0.1, 0.15) is 0 Å². The first-order valence-electron chi connectivity index (χ1n) is 3.87. The number of hydrogen-bond donors (Lipinski definition) is 0. The van der Waals surface area contributed by atoms with E-state index < -0.39 is 0 Å². The summed E-state index contributed by atoms with van der Waals surface area (Å²) >= 11 is 0. The molecule has 10 heavy (non-hydrogen) atoms. The molecule has 62 valence electrons. The quantitative estimate of drug-likeness (QED) is 0.592. The van der Waals surface area contributed by atoms with Gasteiger partial charge in [-0.2, -0.15) is 0 Å². The van der Waals surface area contributed by atoms with Crippen molar-refractivity contribution in [3.8, 4) is 0 Å². The van der Waals surface area contributed by atoms with Gasteiger partial charge in [0.05, 0.1) is 6.10 Å². The SMILES string of the molecule is CCO[C@H](C)[C@@H](C)N(C)C. The van der Waals surface area contributed by atoms with Crippen LogP contribution in [-0.4, -0.2) is 37.7 Å². The second kappa shape index (κ2) is 4.69. The Hall–Kier alpha value is -0.0800. The van der Waals surface area contributed by atoms with E-state index in [-0.39, 0.29) is 0 Å². The van der Waals surface area contributed by atoms with Crippen molar-refractivity contribution in [3.05, 3.63) is 0 Å². The molecule has 0 heterocycles. The van der Waals surface area contributed by atoms with E-state index in [0.717, 1.165) is 6.61 Å². The van der Waals surface area contributed by atoms with Gasteiger partial charge < -0.3 is 9.64 Å². The zero-order chi connectivity index (χ0) is 8.15. The van der Waals surface area contributed by atoms with Crippen molar-refractivity contribution in [2.24, 2.45) is 0 Å². The predicted octanol–water partition coefficient (Wildman–Crippen LogP) is 1.36. The molecular weight excluding hydrogens is 126 g/mol. The summed E-state index contributed by atoms with van der Waals surface area (Å²) in [4.78, 5) is 2.17. The van der Waals surface area contributed by atoms with Crippen LogP contribution in [0, 0.1) is 0 Å². The summed E-state index contributed by atoms with van der Waals surface area (Å²) in [5, 5.41) is 0. The van der Waals surface area contributed by atoms with Gasteiger partial charge in [-0.05, 0) is 34.9 Å². The Kier molecular flexibility index (Phi) is 4.65. The summed E-state index contributed by atoms with van der Waals surface area (Å²) in [7, 11) is 4.14. The maximum absolute atomic E-state index is 5.42. The van der Waals surface area contributed by atoms with Crippen molar-refractivity contribution in [1.82, 2.24) is 4.90 Å². The van der Waals surface area contributed by atoms with E-state index in [9.17, 15) is 0 Å². The third-order valence-electron chi connectivity index (χ3n) is 1.92. The summed E-state index contributed by atoms with van der Waals surface area (Å²) in [6.07, 6.45) is 0.333. The fourth-order valence-electron chi connectivity index (χ4n) is 0.822. The van der Waals surface area contributed by atoms with Gasteiger partial charge in [0.2, 0.25) is 0 Å². The first-order chi connectivity index (χ1) is 4.59. The molecule has 2 nitrogen and oxygen atoms in total. The Morgan fingerprint density at radius 3 is 2.10 bits per heavy atom. The van der Waals surface area contributed by atoms with E-state index in [2.05, 4.69) is 32.8 Å². The molecule has 0 aromatic heterocycles. The smallest absolute Gasteiger partial charge is 0.0699 e. The first-order valence-corrected chi connectivity index (χ1v) is 3.87. The third-order valence-corrected chi connectivity index (χ3v) is 1.92. The average molecular weight is 145 g/mol. The van der Waals surface area contributed by atoms with E-state index in [1.54, 1.807) is 0 Å². The van der Waals surface area contributed by atoms with Gasteiger partial charge in [0.15, 0.2) is 0 Å². The van der Waals surface area contributed by atoms with Crippen LogP contribution >= 0.6 is 0 Å². The van der Waals surface area contributed by atoms with Crippen molar-refractivity contribution in [3.63, 3.8) is 0 Å². The second-order valence-electron chi connectivity index (χ2n) is 2.86. The lowest BCUT2D eigenvalue weighted by Crippen LogP contribution is -2.36. The zero-order valence-corrected chi connectivity index (χ0v) is 7.72. The minimum atomic E-state index is 0.333. The summed E-state index contributed by atoms with van der Waals surface area (Å²) < 4.78 is 5.42. The Morgan fingerprint density at radius 1 is 1.30 bits per heavy atom. The summed E-state index contributed by atoms with van der Waals surface area (Å²) in [6, 6.07) is 0.500. The highest BCUT2D eigenvalue weighted by atomic mass is 16.5. The number of likely N-dealkylation sites (N-methyl/N-ethyl adjacent to an activating group) is 1. The third kappa shape index (κ3) is 3.18. The van der Waals surface area contributed by atoms with Gasteiger partial charge >= 0.3 is 0 Å². The molecule has 0 aliphatic carbocycles. The summed E-state index contributed by atoms with van der Waals surface area (Å²) in [5.41, 5.74) is 0. The van der Waals surface area contributed by atoms with Crippen molar-refractivity contribution >= 4 is 0 Å². The Morgan fingerprint density at radius 2 is 1.80 bits per heavy atom. The van der Waals surface area contributed by atoms with Crippen LogP contribution in [0.5, 0.6) is 0 Å². The van der Waals surface area contributed by atoms with Crippen molar-refractivity contribution in [1.29, 1.82) is 0 Å². The molecule has 0 unspecified atom stereocenters. The topological polar surface area (TPSA) is 12.5 Å². The Labute approximate surface area is 64.2 Å². The lowest BCUT2D eigenvalue weighted by atomic mass is 10.2. The highest BCUT2D eigenvalue weighted by molar-refractivity contribution is 4.66. The monoisotopic (exact) mass is 145 g/mol. The van der Waals surface area contributed by atoms with Crippen molar-refractivity contribution < 1.29 is 4.74 Å². The maximum Gasteiger partial charge on any atom is 0.0699 e. The van der Waals surface area contributed by atoms with Crippen LogP contribution in [0.25, 0.3) is 0 Å². The number of hydrogen-bond acceptors (Lipinski definition) is 2. The lowest BCUT2D eigenvalue weighted by Gasteiger charge is -2.25. The normalized spacial score (nSPS) is 17.4. The first kappa shape index (κ1) is 9.92. The lowest BCUT2D eigenvalue weighted by molar-refractivity contribution is 0.0239. The largest absolute Gasteiger partial charge is 0.377 e. The van der Waals surface area contributed by atoms with Crippen LogP contribution in [0.1, 0.15) is 20.8 Å². The van der Waals surface area contributed by atoms with Crippen LogP contribution in [0.15, 0.2) is 0 Å². The van der Waals surface area contributed by atoms with Gasteiger partial charge in [-0.3, -0.25) is 0 Å². The standard InChI is InChI=1S/C8H19NO/c1-6-10-8(3)7(2)9(4)5/h7-8H,6H2,1-5H3/t7-,8-/m1/s1. The molecule has 0 bridgehead atoms. The van der Waals surface area contributed by atoms with Crippen LogP contribution in [-0.2, 0) is 4.74 Å². The molecule has 0 saturated carbocycles. The zero-order valence-electron chi connectivity index (χ0n) is 7.72. The predicted molar refractivity (Wildman–Crippen MR) is 44.2 cm³/mol. The highest BCUT2D eigenvalue weighted by Crippen LogP contribution is 2.02. The van der Waals surface area contributed by atoms with Crippen LogP contribution in [0.4, 0.5) is 0 Å². The fourth-order valence-corrected chi connectivity index (χ4v) is 0.822. The number of nitrogens with zero attached hydrogens (tertiary/aromatic N) is 1. The minimum Gasteiger partial charge on any atom is -0.377 e. The molecule has 0 fully saturated rings. The Bertz CT molecular complexity index is 83.3. The number of rotatable bonds is 4. The molecule has 0 spiro atoms. The molecule has 0 aromatic carbocycles. The summed E-state index contributed by atoms with van der Waals surface area (Å²) in [5.74, 6) is 0. The van der Waals surface area contributed by atoms with Gasteiger partial charge in [-0.15, -0.1) is 0 Å². The van der Waals surface area contributed by atoms with Crippen LogP contribution < -0.4 is 0 Å². The van der Waals surface area contributed by atoms with E-state index in [4.69, 9.17) is 4.74 Å². The van der Waals surface area contributed by atoms with E-state index in [0.29, 0.717) is 12.1 Å². The molecule has 0 aromatic rings. The molecule has 2 atom stereocenters. The van der Waals surface area contributed by atoms with Gasteiger partial charge in [0.25, 0.3) is 0 Å². The molecule has 0 rings (SSSR count). The fraction of sp³-hybridized carbons (Fsp3) is 1.00. The second-order valence-corrected chi connectivity index (χ2v) is 2.86. The van der Waals surface area contributed by atoms with Gasteiger partial charge in [-0.25, -0.2) is 0 Å². The minimum absolute atomic E-state index is 0.333. The average Bonchev–Trinajstić information content (AvgIpc) is 1.87. The summed E-state index contributed by atoms with van der Waals surface area (Å²) in [6.45, 7) is 7.10. The highest BCUT2D eigenvalue weighted by Gasteiger charge is 2.12. The molecule has 0 amide bonds. The van der Waals surface area contributed by atoms with Crippen LogP contribution in [0.2, 0.25) is 0 Å². The molecular formula is C8H19NO. The van der Waals surface area contributed by atoms with Crippen molar-refractivity contribution in [2.45, 2.75) is 32.9 Å². The van der Waals surface area contributed by atoms with E-state index in [1.165, 1.54) is 0 Å². The Balaban J connectivity index is 3.58. The maximum atomic E-state index is 5.42. The van der Waals surface area contributed by atoms with E-state index >= 15 is 0 Å². The molecule has 0 saturated heterocycles. The molecule has 0 radical (unpaired) electrons. The van der Waals surface area contributed by atoms with Gasteiger partial charge in [0, 0.05) is 12.6 Å². The molecule has 0 aliphatic rings. The van der Waals surface area contributed by atoms with Gasteiger partial charge in [-0.1, -0.05) is 0 Å². The van der Waals surface area contributed by atoms with E-state index in [1.807, 2.05) is 6.92 Å². The van der Waals surface area contributed by atoms with Crippen molar-refractivity contribution in [2.75, 3.05) is 20.7 Å². The molecule has 0 aliphatic heterocycles. The molecule has 0 N–H and O–H groups in total.